The van der Waals surface area contributed by atoms with Gasteiger partial charge in [-0.1, -0.05) is 26.0 Å². The standard InChI is InChI=1S/C17H24N4O/c1-14(2)4-3-9-19-17(22)20-16-7-5-15(6-8-16)12-21-11-10-18-13-21/h5-8,10-11,13-14H,3-4,9,12H2,1-2H3,(H2,19,20,22). The molecule has 5 heteroatoms. The molecule has 118 valence electrons. The van der Waals surface area contributed by atoms with Crippen LogP contribution in [-0.4, -0.2) is 22.1 Å². The molecule has 0 saturated heterocycles. The Hall–Kier alpha value is -2.30. The van der Waals surface area contributed by atoms with E-state index in [-0.39, 0.29) is 6.03 Å². The van der Waals surface area contributed by atoms with Gasteiger partial charge in [-0.25, -0.2) is 9.78 Å². The number of nitrogens with one attached hydrogen (secondary N) is 2. The minimum atomic E-state index is -0.147. The second-order valence-corrected chi connectivity index (χ2v) is 5.85. The summed E-state index contributed by atoms with van der Waals surface area (Å²) in [5.41, 5.74) is 1.97. The lowest BCUT2D eigenvalue weighted by molar-refractivity contribution is 0.251. The normalized spacial score (nSPS) is 10.7. The van der Waals surface area contributed by atoms with E-state index in [1.165, 1.54) is 5.56 Å². The van der Waals surface area contributed by atoms with Gasteiger partial charge in [0.2, 0.25) is 0 Å². The zero-order valence-electron chi connectivity index (χ0n) is 13.2. The molecule has 0 atom stereocenters. The third-order valence-electron chi connectivity index (χ3n) is 3.38. The Bertz CT molecular complexity index is 561. The third-order valence-corrected chi connectivity index (χ3v) is 3.38. The molecular formula is C17H24N4O. The molecule has 2 N–H and O–H groups in total. The Morgan fingerprint density at radius 1 is 1.27 bits per heavy atom. The summed E-state index contributed by atoms with van der Waals surface area (Å²) in [5.74, 6) is 0.674. The van der Waals surface area contributed by atoms with Crippen LogP contribution in [0.2, 0.25) is 0 Å². The zero-order chi connectivity index (χ0) is 15.8. The first-order chi connectivity index (χ1) is 10.6. The third kappa shape index (κ3) is 5.60. The topological polar surface area (TPSA) is 59.0 Å². The second kappa shape index (κ2) is 8.22. The van der Waals surface area contributed by atoms with E-state index in [4.69, 9.17) is 0 Å². The van der Waals surface area contributed by atoms with Gasteiger partial charge in [0.05, 0.1) is 6.33 Å². The minimum absolute atomic E-state index is 0.147. The van der Waals surface area contributed by atoms with E-state index < -0.39 is 0 Å². The lowest BCUT2D eigenvalue weighted by Gasteiger charge is -2.09. The molecule has 2 rings (SSSR count). The van der Waals surface area contributed by atoms with Gasteiger partial charge < -0.3 is 15.2 Å². The molecule has 2 aromatic rings. The Morgan fingerprint density at radius 3 is 2.68 bits per heavy atom. The number of carbonyl (C=O) groups is 1. The predicted molar refractivity (Wildman–Crippen MR) is 88.9 cm³/mol. The Morgan fingerprint density at radius 2 is 2.05 bits per heavy atom. The Kier molecular flexibility index (Phi) is 6.01. The molecule has 22 heavy (non-hydrogen) atoms. The van der Waals surface area contributed by atoms with Crippen molar-refractivity contribution in [3.8, 4) is 0 Å². The second-order valence-electron chi connectivity index (χ2n) is 5.85. The van der Waals surface area contributed by atoms with Gasteiger partial charge in [-0.2, -0.15) is 0 Å². The molecule has 1 heterocycles. The Labute approximate surface area is 131 Å². The first-order valence-electron chi connectivity index (χ1n) is 7.73. The molecule has 0 aliphatic heterocycles. The van der Waals surface area contributed by atoms with E-state index >= 15 is 0 Å². The van der Waals surface area contributed by atoms with E-state index in [9.17, 15) is 4.79 Å². The van der Waals surface area contributed by atoms with Crippen LogP contribution in [0.15, 0.2) is 43.0 Å². The Balaban J connectivity index is 1.74. The number of urea groups is 1. The number of nitrogens with zero attached hydrogens (tertiary/aromatic N) is 2. The average Bonchev–Trinajstić information content (AvgIpc) is 2.98. The number of amides is 2. The smallest absolute Gasteiger partial charge is 0.319 e. The lowest BCUT2D eigenvalue weighted by atomic mass is 10.1. The molecule has 0 unspecified atom stereocenters. The number of hydrogen-bond acceptors (Lipinski definition) is 2. The highest BCUT2D eigenvalue weighted by Crippen LogP contribution is 2.10. The molecule has 0 aliphatic carbocycles. The maximum Gasteiger partial charge on any atom is 0.319 e. The molecule has 0 bridgehead atoms. The first-order valence-corrected chi connectivity index (χ1v) is 7.73. The maximum atomic E-state index is 11.8. The van der Waals surface area contributed by atoms with Crippen LogP contribution in [0.4, 0.5) is 10.5 Å². The summed E-state index contributed by atoms with van der Waals surface area (Å²) in [6, 6.07) is 7.70. The van der Waals surface area contributed by atoms with Crippen molar-refractivity contribution < 1.29 is 4.79 Å². The highest BCUT2D eigenvalue weighted by Gasteiger charge is 2.02. The van der Waals surface area contributed by atoms with Crippen LogP contribution in [0.5, 0.6) is 0 Å². The van der Waals surface area contributed by atoms with Crippen molar-refractivity contribution in [1.29, 1.82) is 0 Å². The number of rotatable bonds is 7. The summed E-state index contributed by atoms with van der Waals surface area (Å²) in [6.45, 7) is 5.86. The average molecular weight is 300 g/mol. The monoisotopic (exact) mass is 300 g/mol. The van der Waals surface area contributed by atoms with Crippen LogP contribution in [-0.2, 0) is 6.54 Å². The molecule has 0 spiro atoms. The molecule has 2 amide bonds. The highest BCUT2D eigenvalue weighted by atomic mass is 16.2. The van der Waals surface area contributed by atoms with Crippen LogP contribution in [0, 0.1) is 5.92 Å². The van der Waals surface area contributed by atoms with Crippen LogP contribution in [0.25, 0.3) is 0 Å². The molecule has 0 radical (unpaired) electrons. The lowest BCUT2D eigenvalue weighted by Crippen LogP contribution is -2.29. The summed E-state index contributed by atoms with van der Waals surface area (Å²) in [5, 5.41) is 5.72. The fourth-order valence-electron chi connectivity index (χ4n) is 2.17. The van der Waals surface area contributed by atoms with Gasteiger partial charge in [0.25, 0.3) is 0 Å². The van der Waals surface area contributed by atoms with E-state index in [1.54, 1.807) is 12.5 Å². The van der Waals surface area contributed by atoms with Crippen LogP contribution >= 0.6 is 0 Å². The van der Waals surface area contributed by atoms with E-state index in [1.807, 2.05) is 35.0 Å². The fraction of sp³-hybridized carbons (Fsp3) is 0.412. The largest absolute Gasteiger partial charge is 0.338 e. The number of aromatic nitrogens is 2. The van der Waals surface area contributed by atoms with Gasteiger partial charge in [0, 0.05) is 31.2 Å². The van der Waals surface area contributed by atoms with Crippen molar-refractivity contribution in [2.24, 2.45) is 5.92 Å². The minimum Gasteiger partial charge on any atom is -0.338 e. The van der Waals surface area contributed by atoms with E-state index in [2.05, 4.69) is 29.5 Å². The van der Waals surface area contributed by atoms with Gasteiger partial charge in [-0.3, -0.25) is 0 Å². The number of carbonyl (C=O) groups excluding carboxylic acids is 1. The summed E-state index contributed by atoms with van der Waals surface area (Å²) >= 11 is 0. The zero-order valence-corrected chi connectivity index (χ0v) is 13.2. The van der Waals surface area contributed by atoms with Gasteiger partial charge in [-0.05, 0) is 36.5 Å². The van der Waals surface area contributed by atoms with E-state index in [0.29, 0.717) is 12.5 Å². The van der Waals surface area contributed by atoms with Crippen molar-refractivity contribution >= 4 is 11.7 Å². The van der Waals surface area contributed by atoms with Crippen molar-refractivity contribution in [2.45, 2.75) is 33.2 Å². The predicted octanol–water partition coefficient (Wildman–Crippen LogP) is 3.49. The molecule has 0 saturated carbocycles. The SMILES string of the molecule is CC(C)CCCNC(=O)Nc1ccc(Cn2ccnc2)cc1. The van der Waals surface area contributed by atoms with Crippen LogP contribution in [0.3, 0.4) is 0 Å². The fourth-order valence-corrected chi connectivity index (χ4v) is 2.17. The number of hydrogen-bond donors (Lipinski definition) is 2. The van der Waals surface area contributed by atoms with Crippen molar-refractivity contribution in [3.05, 3.63) is 48.5 Å². The van der Waals surface area contributed by atoms with Crippen LogP contribution in [0.1, 0.15) is 32.3 Å². The van der Waals surface area contributed by atoms with Crippen molar-refractivity contribution in [3.63, 3.8) is 0 Å². The van der Waals surface area contributed by atoms with Crippen molar-refractivity contribution in [2.75, 3.05) is 11.9 Å². The summed E-state index contributed by atoms with van der Waals surface area (Å²) < 4.78 is 2.00. The molecule has 1 aromatic carbocycles. The maximum absolute atomic E-state index is 11.8. The molecular weight excluding hydrogens is 276 g/mol. The molecule has 0 fully saturated rings. The summed E-state index contributed by atoms with van der Waals surface area (Å²) in [7, 11) is 0. The van der Waals surface area contributed by atoms with Crippen molar-refractivity contribution in [1.82, 2.24) is 14.9 Å². The molecule has 1 aromatic heterocycles. The number of benzene rings is 1. The highest BCUT2D eigenvalue weighted by molar-refractivity contribution is 5.89. The van der Waals surface area contributed by atoms with Gasteiger partial charge in [-0.15, -0.1) is 0 Å². The van der Waals surface area contributed by atoms with Gasteiger partial charge >= 0.3 is 6.03 Å². The quantitative estimate of drug-likeness (QED) is 0.769. The first kappa shape index (κ1) is 16.1. The molecule has 0 aliphatic rings. The molecule has 5 nitrogen and oxygen atoms in total. The number of anilines is 1. The van der Waals surface area contributed by atoms with E-state index in [0.717, 1.165) is 25.1 Å². The van der Waals surface area contributed by atoms with Gasteiger partial charge in [0.15, 0.2) is 0 Å². The number of imidazole rings is 1. The summed E-state index contributed by atoms with van der Waals surface area (Å²) in [6.07, 6.45) is 7.62. The van der Waals surface area contributed by atoms with Gasteiger partial charge in [0.1, 0.15) is 0 Å². The van der Waals surface area contributed by atoms with Crippen LogP contribution < -0.4 is 10.6 Å². The summed E-state index contributed by atoms with van der Waals surface area (Å²) in [4.78, 5) is 15.8.